The zero-order valence-electron chi connectivity index (χ0n) is 11.7. The van der Waals surface area contributed by atoms with Gasteiger partial charge in [0.15, 0.2) is 6.61 Å². The minimum atomic E-state index is -0.481. The highest BCUT2D eigenvalue weighted by atomic mass is 79.9. The second kappa shape index (κ2) is 7.13. The minimum absolute atomic E-state index is 0.103. The maximum Gasteiger partial charge on any atom is 0.255 e. The number of anilines is 1. The number of nitrogens with two attached hydrogens (primary N) is 1. The van der Waals surface area contributed by atoms with Crippen LogP contribution in [0.1, 0.15) is 11.1 Å². The Labute approximate surface area is 132 Å². The van der Waals surface area contributed by atoms with Crippen molar-refractivity contribution in [2.75, 3.05) is 11.9 Å². The van der Waals surface area contributed by atoms with Gasteiger partial charge in [-0.15, -0.1) is 0 Å². The fraction of sp³-hybridized carbons (Fsp3) is 0.188. The maximum atomic E-state index is 10.6. The van der Waals surface area contributed by atoms with Gasteiger partial charge in [-0.1, -0.05) is 24.3 Å². The fourth-order valence-electron chi connectivity index (χ4n) is 1.84. The molecule has 21 heavy (non-hydrogen) atoms. The summed E-state index contributed by atoms with van der Waals surface area (Å²) < 4.78 is 6.29. The van der Waals surface area contributed by atoms with Crippen LogP contribution in [0.15, 0.2) is 46.9 Å². The molecule has 0 heterocycles. The predicted molar refractivity (Wildman–Crippen MR) is 87.3 cm³/mol. The van der Waals surface area contributed by atoms with E-state index in [0.717, 1.165) is 15.7 Å². The van der Waals surface area contributed by atoms with E-state index in [2.05, 4.69) is 34.2 Å². The number of primary amides is 1. The Morgan fingerprint density at radius 1 is 1.24 bits per heavy atom. The first-order valence-corrected chi connectivity index (χ1v) is 7.34. The average Bonchev–Trinajstić information content (AvgIpc) is 2.48. The summed E-state index contributed by atoms with van der Waals surface area (Å²) in [5.41, 5.74) is 8.40. The Balaban J connectivity index is 1.94. The quantitative estimate of drug-likeness (QED) is 0.842. The van der Waals surface area contributed by atoms with Crippen molar-refractivity contribution in [3.8, 4) is 5.75 Å². The first kappa shape index (κ1) is 15.4. The standard InChI is InChI=1S/C16H17BrN2O2/c1-11-3-2-4-14(16(11)17)19-9-12-5-7-13(8-6-12)21-10-15(18)20/h2-8,19H,9-10H2,1H3,(H2,18,20). The number of halogens is 1. The molecule has 0 aliphatic carbocycles. The molecule has 5 heteroatoms. The molecule has 2 rings (SSSR count). The summed E-state index contributed by atoms with van der Waals surface area (Å²) >= 11 is 3.57. The van der Waals surface area contributed by atoms with Crippen molar-refractivity contribution in [1.29, 1.82) is 0 Å². The van der Waals surface area contributed by atoms with Crippen LogP contribution in [0.4, 0.5) is 5.69 Å². The van der Waals surface area contributed by atoms with E-state index < -0.39 is 5.91 Å². The van der Waals surface area contributed by atoms with Gasteiger partial charge in [-0.3, -0.25) is 4.79 Å². The van der Waals surface area contributed by atoms with Crippen LogP contribution in [0.3, 0.4) is 0 Å². The number of hydrogen-bond acceptors (Lipinski definition) is 3. The van der Waals surface area contributed by atoms with E-state index in [9.17, 15) is 4.79 Å². The van der Waals surface area contributed by atoms with Gasteiger partial charge in [0, 0.05) is 16.7 Å². The van der Waals surface area contributed by atoms with Gasteiger partial charge in [0.05, 0.1) is 0 Å². The number of aryl methyl sites for hydroxylation is 1. The summed E-state index contributed by atoms with van der Waals surface area (Å²) in [6.07, 6.45) is 0. The molecule has 0 bridgehead atoms. The molecule has 0 unspecified atom stereocenters. The molecule has 0 fully saturated rings. The Bertz CT molecular complexity index is 627. The Kier molecular flexibility index (Phi) is 5.22. The molecule has 1 amide bonds. The molecule has 4 nitrogen and oxygen atoms in total. The zero-order valence-corrected chi connectivity index (χ0v) is 13.3. The molecular weight excluding hydrogens is 332 g/mol. The third-order valence-corrected chi connectivity index (χ3v) is 4.03. The van der Waals surface area contributed by atoms with E-state index in [0.29, 0.717) is 12.3 Å². The topological polar surface area (TPSA) is 64.3 Å². The summed E-state index contributed by atoms with van der Waals surface area (Å²) in [6, 6.07) is 13.7. The summed E-state index contributed by atoms with van der Waals surface area (Å²) in [6.45, 7) is 2.66. The smallest absolute Gasteiger partial charge is 0.255 e. The number of carbonyl (C=O) groups excluding carboxylic acids is 1. The van der Waals surface area contributed by atoms with Crippen LogP contribution in [0, 0.1) is 6.92 Å². The highest BCUT2D eigenvalue weighted by molar-refractivity contribution is 9.10. The first-order chi connectivity index (χ1) is 10.1. The van der Waals surface area contributed by atoms with Crippen molar-refractivity contribution in [1.82, 2.24) is 0 Å². The molecule has 0 aromatic heterocycles. The van der Waals surface area contributed by atoms with Crippen LogP contribution >= 0.6 is 15.9 Å². The summed E-state index contributed by atoms with van der Waals surface area (Å²) in [7, 11) is 0. The van der Waals surface area contributed by atoms with Gasteiger partial charge >= 0.3 is 0 Å². The van der Waals surface area contributed by atoms with E-state index >= 15 is 0 Å². The second-order valence-electron chi connectivity index (χ2n) is 4.69. The monoisotopic (exact) mass is 348 g/mol. The normalized spacial score (nSPS) is 10.2. The number of ether oxygens (including phenoxy) is 1. The molecule has 0 aliphatic rings. The molecule has 3 N–H and O–H groups in total. The van der Waals surface area contributed by atoms with Crippen LogP contribution in [0.2, 0.25) is 0 Å². The van der Waals surface area contributed by atoms with E-state index in [1.165, 1.54) is 5.56 Å². The van der Waals surface area contributed by atoms with Gasteiger partial charge in [-0.05, 0) is 52.2 Å². The van der Waals surface area contributed by atoms with Crippen molar-refractivity contribution in [3.63, 3.8) is 0 Å². The lowest BCUT2D eigenvalue weighted by Gasteiger charge is -2.11. The van der Waals surface area contributed by atoms with E-state index in [4.69, 9.17) is 10.5 Å². The van der Waals surface area contributed by atoms with Gasteiger partial charge < -0.3 is 15.8 Å². The van der Waals surface area contributed by atoms with Gasteiger partial charge in [0.2, 0.25) is 0 Å². The Morgan fingerprint density at radius 2 is 1.95 bits per heavy atom. The minimum Gasteiger partial charge on any atom is -0.484 e. The molecule has 0 saturated carbocycles. The van der Waals surface area contributed by atoms with Crippen molar-refractivity contribution in [2.45, 2.75) is 13.5 Å². The molecule has 2 aromatic carbocycles. The van der Waals surface area contributed by atoms with Gasteiger partial charge in [-0.2, -0.15) is 0 Å². The summed E-state index contributed by atoms with van der Waals surface area (Å²) in [4.78, 5) is 10.6. The lowest BCUT2D eigenvalue weighted by atomic mass is 10.2. The van der Waals surface area contributed by atoms with Crippen molar-refractivity contribution >= 4 is 27.5 Å². The molecule has 0 saturated heterocycles. The van der Waals surface area contributed by atoms with E-state index in [-0.39, 0.29) is 6.61 Å². The van der Waals surface area contributed by atoms with Crippen LogP contribution in [0.25, 0.3) is 0 Å². The van der Waals surface area contributed by atoms with Crippen LogP contribution in [-0.2, 0) is 11.3 Å². The Morgan fingerprint density at radius 3 is 2.62 bits per heavy atom. The van der Waals surface area contributed by atoms with Gasteiger partial charge in [0.25, 0.3) is 5.91 Å². The van der Waals surface area contributed by atoms with Crippen molar-refractivity contribution in [3.05, 3.63) is 58.1 Å². The highest BCUT2D eigenvalue weighted by Crippen LogP contribution is 2.26. The fourth-order valence-corrected chi connectivity index (χ4v) is 2.24. The maximum absolute atomic E-state index is 10.6. The third-order valence-electron chi connectivity index (χ3n) is 2.98. The SMILES string of the molecule is Cc1cccc(NCc2ccc(OCC(N)=O)cc2)c1Br. The van der Waals surface area contributed by atoms with Crippen LogP contribution in [-0.4, -0.2) is 12.5 Å². The average molecular weight is 349 g/mol. The molecule has 0 radical (unpaired) electrons. The number of hydrogen-bond donors (Lipinski definition) is 2. The largest absolute Gasteiger partial charge is 0.484 e. The van der Waals surface area contributed by atoms with Crippen molar-refractivity contribution in [2.24, 2.45) is 5.73 Å². The molecule has 0 atom stereocenters. The van der Waals surface area contributed by atoms with Crippen LogP contribution < -0.4 is 15.8 Å². The zero-order chi connectivity index (χ0) is 15.2. The van der Waals surface area contributed by atoms with Crippen LogP contribution in [0.5, 0.6) is 5.75 Å². The number of nitrogens with one attached hydrogen (secondary N) is 1. The predicted octanol–water partition coefficient (Wildman–Crippen LogP) is 3.23. The number of carbonyl (C=O) groups is 1. The van der Waals surface area contributed by atoms with Crippen molar-refractivity contribution < 1.29 is 9.53 Å². The molecule has 0 spiro atoms. The third kappa shape index (κ3) is 4.49. The number of amides is 1. The second-order valence-corrected chi connectivity index (χ2v) is 5.48. The molecular formula is C16H17BrN2O2. The molecule has 110 valence electrons. The lowest BCUT2D eigenvalue weighted by molar-refractivity contribution is -0.119. The van der Waals surface area contributed by atoms with Gasteiger partial charge in [0.1, 0.15) is 5.75 Å². The Hall–Kier alpha value is -2.01. The lowest BCUT2D eigenvalue weighted by Crippen LogP contribution is -2.19. The summed E-state index contributed by atoms with van der Waals surface area (Å²) in [5, 5.41) is 3.38. The highest BCUT2D eigenvalue weighted by Gasteiger charge is 2.02. The number of benzene rings is 2. The van der Waals surface area contributed by atoms with E-state index in [1.807, 2.05) is 36.4 Å². The molecule has 2 aromatic rings. The first-order valence-electron chi connectivity index (χ1n) is 6.55. The van der Waals surface area contributed by atoms with Gasteiger partial charge in [-0.25, -0.2) is 0 Å². The van der Waals surface area contributed by atoms with E-state index in [1.54, 1.807) is 0 Å². The molecule has 0 aliphatic heterocycles. The summed E-state index contributed by atoms with van der Waals surface area (Å²) in [5.74, 6) is 0.152. The number of rotatable bonds is 6.